The third kappa shape index (κ3) is 4.42. The quantitative estimate of drug-likeness (QED) is 0.596. The molecule has 102 valence electrons. The fourth-order valence-electron chi connectivity index (χ4n) is 1.32. The summed E-state index contributed by atoms with van der Waals surface area (Å²) in [7, 11) is 3.99. The molecule has 0 aliphatic rings. The Balaban J connectivity index is 3.04. The maximum Gasteiger partial charge on any atom is 0.353 e. The molecule has 0 saturated carbocycles. The van der Waals surface area contributed by atoms with E-state index in [4.69, 9.17) is 4.74 Å². The normalized spacial score (nSPS) is 10.8. The highest BCUT2D eigenvalue weighted by Crippen LogP contribution is 2.20. The van der Waals surface area contributed by atoms with E-state index >= 15 is 0 Å². The van der Waals surface area contributed by atoms with Crippen LogP contribution in [0.4, 0.5) is 5.69 Å². The van der Waals surface area contributed by atoms with Crippen molar-refractivity contribution in [2.24, 2.45) is 4.99 Å². The van der Waals surface area contributed by atoms with Crippen LogP contribution in [0.3, 0.4) is 0 Å². The summed E-state index contributed by atoms with van der Waals surface area (Å²) >= 11 is 0. The van der Waals surface area contributed by atoms with Crippen molar-refractivity contribution in [3.63, 3.8) is 0 Å². The first-order valence-corrected chi connectivity index (χ1v) is 5.47. The molecule has 0 heterocycles. The Morgan fingerprint density at radius 3 is 2.47 bits per heavy atom. The van der Waals surface area contributed by atoms with Crippen LogP contribution in [0.2, 0.25) is 0 Å². The number of aliphatic imine (C=N–C) groups is 1. The topological polar surface area (TPSA) is 74.2 Å². The molecule has 0 unspecified atom stereocenters. The summed E-state index contributed by atoms with van der Waals surface area (Å²) in [5.41, 5.74) is 0.464. The van der Waals surface area contributed by atoms with Crippen LogP contribution in [0.25, 0.3) is 0 Å². The van der Waals surface area contributed by atoms with E-state index in [1.165, 1.54) is 21.3 Å². The van der Waals surface area contributed by atoms with Gasteiger partial charge in [0.1, 0.15) is 11.5 Å². The number of carbonyl (C=O) groups is 2. The lowest BCUT2D eigenvalue weighted by Crippen LogP contribution is -2.20. The van der Waals surface area contributed by atoms with Gasteiger partial charge in [-0.1, -0.05) is 6.07 Å². The first-order chi connectivity index (χ1) is 9.10. The van der Waals surface area contributed by atoms with Crippen molar-refractivity contribution < 1.29 is 23.8 Å². The third-order valence-electron chi connectivity index (χ3n) is 2.28. The molecular formula is C13H15NO5. The molecule has 6 heteroatoms. The minimum absolute atomic E-state index is 0.0254. The van der Waals surface area contributed by atoms with Crippen molar-refractivity contribution in [3.05, 3.63) is 24.3 Å². The van der Waals surface area contributed by atoms with E-state index in [-0.39, 0.29) is 12.1 Å². The molecule has 1 aromatic carbocycles. The van der Waals surface area contributed by atoms with Crippen LogP contribution in [0.5, 0.6) is 5.75 Å². The predicted octanol–water partition coefficient (Wildman–Crippen LogP) is 1.50. The van der Waals surface area contributed by atoms with Crippen LogP contribution >= 0.6 is 0 Å². The zero-order chi connectivity index (χ0) is 14.3. The summed E-state index contributed by atoms with van der Waals surface area (Å²) in [6, 6.07) is 6.80. The van der Waals surface area contributed by atoms with Gasteiger partial charge in [-0.05, 0) is 12.1 Å². The van der Waals surface area contributed by atoms with Crippen LogP contribution < -0.4 is 4.74 Å². The molecule has 0 spiro atoms. The van der Waals surface area contributed by atoms with E-state index in [1.807, 2.05) is 0 Å². The summed E-state index contributed by atoms with van der Waals surface area (Å²) in [5, 5.41) is 0. The molecule has 1 aromatic rings. The molecular weight excluding hydrogens is 250 g/mol. The van der Waals surface area contributed by atoms with Gasteiger partial charge < -0.3 is 14.2 Å². The lowest BCUT2D eigenvalue weighted by molar-refractivity contribution is -0.140. The molecule has 19 heavy (non-hydrogen) atoms. The van der Waals surface area contributed by atoms with Gasteiger partial charge in [-0.15, -0.1) is 0 Å². The number of carbonyl (C=O) groups excluding carboxylic acids is 2. The van der Waals surface area contributed by atoms with Gasteiger partial charge in [0.05, 0.1) is 33.4 Å². The van der Waals surface area contributed by atoms with E-state index in [0.717, 1.165) is 0 Å². The van der Waals surface area contributed by atoms with E-state index in [1.54, 1.807) is 24.3 Å². The fraction of sp³-hybridized carbons (Fsp3) is 0.308. The van der Waals surface area contributed by atoms with Crippen LogP contribution in [0, 0.1) is 0 Å². The predicted molar refractivity (Wildman–Crippen MR) is 68.7 cm³/mol. The fourth-order valence-corrected chi connectivity index (χ4v) is 1.32. The summed E-state index contributed by atoms with van der Waals surface area (Å²) in [4.78, 5) is 26.8. The van der Waals surface area contributed by atoms with Gasteiger partial charge in [0.25, 0.3) is 0 Å². The van der Waals surface area contributed by atoms with Gasteiger partial charge in [-0.3, -0.25) is 4.79 Å². The monoisotopic (exact) mass is 265 g/mol. The van der Waals surface area contributed by atoms with E-state index in [2.05, 4.69) is 14.5 Å². The molecule has 0 aromatic heterocycles. The molecule has 0 radical (unpaired) electrons. The highest BCUT2D eigenvalue weighted by molar-refractivity contribution is 6.39. The second kappa shape index (κ2) is 7.15. The Hall–Kier alpha value is -2.37. The molecule has 1 rings (SSSR count). The average Bonchev–Trinajstić information content (AvgIpc) is 2.45. The van der Waals surface area contributed by atoms with Crippen LogP contribution in [-0.2, 0) is 19.1 Å². The molecule has 0 fully saturated rings. The maximum atomic E-state index is 11.5. The summed E-state index contributed by atoms with van der Waals surface area (Å²) in [5.74, 6) is -0.635. The Kier molecular flexibility index (Phi) is 5.53. The first kappa shape index (κ1) is 14.7. The summed E-state index contributed by atoms with van der Waals surface area (Å²) in [6.45, 7) is 0. The lowest BCUT2D eigenvalue weighted by atomic mass is 10.2. The SMILES string of the molecule is COC(=O)CC(=Nc1cccc(OC)c1)C(=O)OC. The van der Waals surface area contributed by atoms with Gasteiger partial charge in [0, 0.05) is 6.07 Å². The minimum Gasteiger partial charge on any atom is -0.497 e. The van der Waals surface area contributed by atoms with Crippen LogP contribution in [-0.4, -0.2) is 39.0 Å². The number of hydrogen-bond donors (Lipinski definition) is 0. The third-order valence-corrected chi connectivity index (χ3v) is 2.28. The zero-order valence-corrected chi connectivity index (χ0v) is 11.0. The molecule has 6 nitrogen and oxygen atoms in total. The van der Waals surface area contributed by atoms with Gasteiger partial charge in [-0.2, -0.15) is 0 Å². The van der Waals surface area contributed by atoms with E-state index < -0.39 is 11.9 Å². The van der Waals surface area contributed by atoms with Crippen molar-refractivity contribution >= 4 is 23.3 Å². The molecule has 0 bridgehead atoms. The van der Waals surface area contributed by atoms with Crippen molar-refractivity contribution in [1.29, 1.82) is 0 Å². The largest absolute Gasteiger partial charge is 0.497 e. The number of nitrogens with zero attached hydrogens (tertiary/aromatic N) is 1. The second-order valence-corrected chi connectivity index (χ2v) is 3.50. The highest BCUT2D eigenvalue weighted by atomic mass is 16.5. The number of ether oxygens (including phenoxy) is 3. The van der Waals surface area contributed by atoms with E-state index in [9.17, 15) is 9.59 Å². The molecule has 0 saturated heterocycles. The van der Waals surface area contributed by atoms with Crippen LogP contribution in [0.15, 0.2) is 29.3 Å². The Bertz CT molecular complexity index is 496. The van der Waals surface area contributed by atoms with Gasteiger partial charge >= 0.3 is 11.9 Å². The molecule has 0 atom stereocenters. The number of rotatable bonds is 5. The van der Waals surface area contributed by atoms with Gasteiger partial charge in [0.2, 0.25) is 0 Å². The average molecular weight is 265 g/mol. The number of esters is 2. The Morgan fingerprint density at radius 1 is 1.16 bits per heavy atom. The minimum atomic E-state index is -0.673. The van der Waals surface area contributed by atoms with Crippen molar-refractivity contribution in [2.45, 2.75) is 6.42 Å². The molecule has 0 amide bonds. The van der Waals surface area contributed by atoms with Crippen LogP contribution in [0.1, 0.15) is 6.42 Å². The number of methoxy groups -OCH3 is 3. The Labute approximate surface area is 111 Å². The highest BCUT2D eigenvalue weighted by Gasteiger charge is 2.17. The Morgan fingerprint density at radius 2 is 1.89 bits per heavy atom. The summed E-state index contributed by atoms with van der Waals surface area (Å²) < 4.78 is 14.1. The van der Waals surface area contributed by atoms with E-state index in [0.29, 0.717) is 11.4 Å². The van der Waals surface area contributed by atoms with Crippen molar-refractivity contribution in [3.8, 4) is 5.75 Å². The standard InChI is InChI=1S/C13H15NO5/c1-17-10-6-4-5-9(7-10)14-11(13(16)19-3)8-12(15)18-2/h4-7H,8H2,1-3H3. The van der Waals surface area contributed by atoms with Gasteiger partial charge in [0.15, 0.2) is 0 Å². The number of hydrogen-bond acceptors (Lipinski definition) is 6. The molecule has 0 aliphatic heterocycles. The second-order valence-electron chi connectivity index (χ2n) is 3.50. The molecule has 0 N–H and O–H groups in total. The zero-order valence-electron chi connectivity index (χ0n) is 11.0. The smallest absolute Gasteiger partial charge is 0.353 e. The first-order valence-electron chi connectivity index (χ1n) is 5.47. The van der Waals surface area contributed by atoms with Crippen molar-refractivity contribution in [2.75, 3.05) is 21.3 Å². The lowest BCUT2D eigenvalue weighted by Gasteiger charge is -2.05. The van der Waals surface area contributed by atoms with Gasteiger partial charge in [-0.25, -0.2) is 9.79 Å². The van der Waals surface area contributed by atoms with Crippen molar-refractivity contribution in [1.82, 2.24) is 0 Å². The maximum absolute atomic E-state index is 11.5. The number of benzene rings is 1. The molecule has 0 aliphatic carbocycles. The summed E-state index contributed by atoms with van der Waals surface area (Å²) in [6.07, 6.45) is -0.250.